The third kappa shape index (κ3) is 17.2. The van der Waals surface area contributed by atoms with Gasteiger partial charge in [0.05, 0.1) is 72.5 Å². The van der Waals surface area contributed by atoms with Gasteiger partial charge in [-0.25, -0.2) is 5.84 Å². The summed E-state index contributed by atoms with van der Waals surface area (Å²) in [7, 11) is 0. The summed E-state index contributed by atoms with van der Waals surface area (Å²) in [6.07, 6.45) is 0.247. The van der Waals surface area contributed by atoms with E-state index < -0.39 is 0 Å². The van der Waals surface area contributed by atoms with E-state index in [2.05, 4.69) is 0 Å². The predicted molar refractivity (Wildman–Crippen MR) is 80.1 cm³/mol. The summed E-state index contributed by atoms with van der Waals surface area (Å²) in [4.78, 5) is 10.8. The molecular formula is C13H29N3O6. The van der Waals surface area contributed by atoms with Gasteiger partial charge in [0.2, 0.25) is 5.91 Å². The number of nitrogens with one attached hydrogen (secondary N) is 1. The van der Waals surface area contributed by atoms with E-state index in [1.54, 1.807) is 0 Å². The lowest BCUT2D eigenvalue weighted by Gasteiger charge is -2.07. The van der Waals surface area contributed by atoms with Crippen LogP contribution < -0.4 is 17.0 Å². The van der Waals surface area contributed by atoms with E-state index in [9.17, 15) is 4.79 Å². The Kier molecular flexibility index (Phi) is 17.6. The molecule has 0 rings (SSSR count). The van der Waals surface area contributed by atoms with Crippen molar-refractivity contribution in [2.75, 3.05) is 72.6 Å². The molecule has 0 saturated heterocycles. The highest BCUT2D eigenvalue weighted by molar-refractivity contribution is 5.75. The number of rotatable bonds is 17. The molecule has 9 heteroatoms. The third-order valence-corrected chi connectivity index (χ3v) is 2.38. The summed E-state index contributed by atoms with van der Waals surface area (Å²) in [6, 6.07) is 0. The molecule has 0 fully saturated rings. The van der Waals surface area contributed by atoms with Crippen LogP contribution in [-0.2, 0) is 28.5 Å². The number of carbonyl (C=O) groups is 1. The van der Waals surface area contributed by atoms with Crippen LogP contribution in [0.4, 0.5) is 0 Å². The summed E-state index contributed by atoms with van der Waals surface area (Å²) in [6.45, 7) is 5.44. The molecule has 5 N–H and O–H groups in total. The summed E-state index contributed by atoms with van der Waals surface area (Å²) < 4.78 is 26.2. The first kappa shape index (κ1) is 21.2. The first-order valence-electron chi connectivity index (χ1n) is 7.39. The third-order valence-electron chi connectivity index (χ3n) is 2.38. The van der Waals surface area contributed by atoms with Gasteiger partial charge in [-0.1, -0.05) is 0 Å². The summed E-state index contributed by atoms with van der Waals surface area (Å²) in [5, 5.41) is 0. The monoisotopic (exact) mass is 323 g/mol. The van der Waals surface area contributed by atoms with Gasteiger partial charge in [0.1, 0.15) is 0 Å². The number of nitrogens with two attached hydrogens (primary N) is 2. The van der Waals surface area contributed by atoms with Crippen LogP contribution in [-0.4, -0.2) is 78.5 Å². The molecule has 0 saturated carbocycles. The van der Waals surface area contributed by atoms with Gasteiger partial charge in [0, 0.05) is 6.54 Å². The highest BCUT2D eigenvalue weighted by atomic mass is 16.6. The minimum atomic E-state index is -0.248. The topological polar surface area (TPSA) is 127 Å². The lowest BCUT2D eigenvalue weighted by atomic mass is 10.4. The van der Waals surface area contributed by atoms with Crippen LogP contribution in [0.5, 0.6) is 0 Å². The lowest BCUT2D eigenvalue weighted by Crippen LogP contribution is -2.30. The van der Waals surface area contributed by atoms with Crippen molar-refractivity contribution in [3.05, 3.63) is 0 Å². The van der Waals surface area contributed by atoms with Crippen LogP contribution in [0.15, 0.2) is 0 Å². The van der Waals surface area contributed by atoms with Gasteiger partial charge in [0.15, 0.2) is 0 Å². The highest BCUT2D eigenvalue weighted by Gasteiger charge is 1.97. The van der Waals surface area contributed by atoms with Crippen LogP contribution in [0.25, 0.3) is 0 Å². The number of hydrazine groups is 1. The Hall–Kier alpha value is -0.810. The zero-order valence-corrected chi connectivity index (χ0v) is 13.1. The van der Waals surface area contributed by atoms with E-state index in [1.165, 1.54) is 0 Å². The minimum Gasteiger partial charge on any atom is -0.379 e. The van der Waals surface area contributed by atoms with Crippen molar-refractivity contribution in [1.82, 2.24) is 5.43 Å². The van der Waals surface area contributed by atoms with Crippen LogP contribution in [0.1, 0.15) is 6.42 Å². The van der Waals surface area contributed by atoms with Gasteiger partial charge >= 0.3 is 0 Å². The maximum absolute atomic E-state index is 10.8. The summed E-state index contributed by atoms with van der Waals surface area (Å²) in [5.74, 6) is 4.68. The normalized spacial score (nSPS) is 10.8. The minimum absolute atomic E-state index is 0.247. The van der Waals surface area contributed by atoms with Gasteiger partial charge in [-0.2, -0.15) is 0 Å². The fourth-order valence-corrected chi connectivity index (χ4v) is 1.30. The molecule has 0 aliphatic carbocycles. The van der Waals surface area contributed by atoms with E-state index in [0.29, 0.717) is 72.6 Å². The molecule has 0 aromatic carbocycles. The van der Waals surface area contributed by atoms with Crippen LogP contribution in [0.3, 0.4) is 0 Å². The van der Waals surface area contributed by atoms with Crippen molar-refractivity contribution in [3.63, 3.8) is 0 Å². The first-order chi connectivity index (χ1) is 10.8. The molecule has 0 aliphatic heterocycles. The quantitative estimate of drug-likeness (QED) is 0.126. The van der Waals surface area contributed by atoms with Gasteiger partial charge < -0.3 is 29.4 Å². The molecule has 9 nitrogen and oxygen atoms in total. The molecule has 132 valence electrons. The number of amides is 1. The van der Waals surface area contributed by atoms with Crippen LogP contribution >= 0.6 is 0 Å². The smallest absolute Gasteiger partial charge is 0.236 e. The van der Waals surface area contributed by atoms with Crippen molar-refractivity contribution >= 4 is 5.91 Å². The number of hydrogen-bond acceptors (Lipinski definition) is 8. The Morgan fingerprint density at radius 1 is 0.682 bits per heavy atom. The van der Waals surface area contributed by atoms with Crippen molar-refractivity contribution < 1.29 is 28.5 Å². The standard InChI is InChI=1S/C13H29N3O6/c14-2-4-19-6-8-21-10-12-22-11-9-20-7-5-18-3-1-13(17)16-15/h1-12,14-15H2,(H,16,17). The van der Waals surface area contributed by atoms with Crippen molar-refractivity contribution in [3.8, 4) is 0 Å². The Morgan fingerprint density at radius 3 is 1.41 bits per heavy atom. The summed E-state index contributed by atoms with van der Waals surface area (Å²) >= 11 is 0. The maximum Gasteiger partial charge on any atom is 0.236 e. The largest absolute Gasteiger partial charge is 0.379 e. The molecule has 0 spiro atoms. The fraction of sp³-hybridized carbons (Fsp3) is 0.923. The molecule has 22 heavy (non-hydrogen) atoms. The van der Waals surface area contributed by atoms with E-state index >= 15 is 0 Å². The Morgan fingerprint density at radius 2 is 1.05 bits per heavy atom. The van der Waals surface area contributed by atoms with E-state index in [-0.39, 0.29) is 12.3 Å². The van der Waals surface area contributed by atoms with Crippen molar-refractivity contribution in [2.45, 2.75) is 6.42 Å². The molecule has 0 radical (unpaired) electrons. The Balaban J connectivity index is 2.98. The van der Waals surface area contributed by atoms with E-state index in [0.717, 1.165) is 0 Å². The highest BCUT2D eigenvalue weighted by Crippen LogP contribution is 1.85. The number of ether oxygens (including phenoxy) is 5. The Labute approximate surface area is 131 Å². The van der Waals surface area contributed by atoms with E-state index in [1.807, 2.05) is 5.43 Å². The molecule has 0 atom stereocenters. The van der Waals surface area contributed by atoms with Crippen LogP contribution in [0, 0.1) is 0 Å². The molecule has 0 bridgehead atoms. The second kappa shape index (κ2) is 18.2. The SMILES string of the molecule is NCCOCCOCCOCCOCCOCCC(=O)NN. The molecule has 0 aromatic heterocycles. The average molecular weight is 323 g/mol. The summed E-state index contributed by atoms with van der Waals surface area (Å²) in [5.41, 5.74) is 7.30. The number of carbonyl (C=O) groups excluding carboxylic acids is 1. The second-order valence-electron chi connectivity index (χ2n) is 4.17. The lowest BCUT2D eigenvalue weighted by molar-refractivity contribution is -0.122. The van der Waals surface area contributed by atoms with E-state index in [4.69, 9.17) is 35.3 Å². The van der Waals surface area contributed by atoms with Crippen molar-refractivity contribution in [2.24, 2.45) is 11.6 Å². The number of hydrogen-bond donors (Lipinski definition) is 3. The zero-order chi connectivity index (χ0) is 16.3. The second-order valence-corrected chi connectivity index (χ2v) is 4.17. The first-order valence-corrected chi connectivity index (χ1v) is 7.39. The molecule has 1 amide bonds. The van der Waals surface area contributed by atoms with Gasteiger partial charge in [-0.15, -0.1) is 0 Å². The van der Waals surface area contributed by atoms with Gasteiger partial charge in [-0.3, -0.25) is 10.2 Å². The molecule has 0 aliphatic rings. The van der Waals surface area contributed by atoms with Crippen LogP contribution in [0.2, 0.25) is 0 Å². The zero-order valence-electron chi connectivity index (χ0n) is 13.1. The molecular weight excluding hydrogens is 294 g/mol. The molecule has 0 unspecified atom stereocenters. The Bertz CT molecular complexity index is 246. The maximum atomic E-state index is 10.8. The fourth-order valence-electron chi connectivity index (χ4n) is 1.30. The van der Waals surface area contributed by atoms with Crippen molar-refractivity contribution in [1.29, 1.82) is 0 Å². The van der Waals surface area contributed by atoms with Gasteiger partial charge in [-0.05, 0) is 0 Å². The molecule has 0 aromatic rings. The average Bonchev–Trinajstić information content (AvgIpc) is 2.54. The predicted octanol–water partition coefficient (Wildman–Crippen LogP) is -1.59. The van der Waals surface area contributed by atoms with Gasteiger partial charge in [0.25, 0.3) is 0 Å². The molecule has 0 heterocycles.